The molecule has 5 nitrogen and oxygen atoms in total. The van der Waals surface area contributed by atoms with E-state index in [1.165, 1.54) is 4.90 Å². The Hall–Kier alpha value is -0.720. The average Bonchev–Trinajstić information content (AvgIpc) is 2.62. The number of likely N-dealkylation sites (N-methyl/N-ethyl adjacent to an activating group) is 1. The quantitative estimate of drug-likeness (QED) is 0.869. The number of aromatic nitrogens is 2. The molecule has 1 rings (SSSR count). The van der Waals surface area contributed by atoms with E-state index in [1.54, 1.807) is 20.9 Å². The number of aliphatic hydroxyl groups is 1. The highest BCUT2D eigenvalue weighted by Crippen LogP contribution is 2.20. The maximum atomic E-state index is 11.8. The Kier molecular flexibility index (Phi) is 3.64. The Morgan fingerprint density at radius 2 is 2.20 bits per heavy atom. The van der Waals surface area contributed by atoms with Crippen LogP contribution < -0.4 is 0 Å². The highest BCUT2D eigenvalue weighted by molar-refractivity contribution is 7.17. The molecule has 0 aliphatic carbocycles. The third-order valence-electron chi connectivity index (χ3n) is 2.18. The number of halogens is 1. The summed E-state index contributed by atoms with van der Waals surface area (Å²) in [7, 11) is 1.61. The molecule has 0 atom stereocenters. The molecule has 0 saturated heterocycles. The van der Waals surface area contributed by atoms with Gasteiger partial charge in [0.15, 0.2) is 0 Å². The fourth-order valence-electron chi connectivity index (χ4n) is 0.816. The molecule has 84 valence electrons. The van der Waals surface area contributed by atoms with Gasteiger partial charge in [0.25, 0.3) is 5.91 Å². The lowest BCUT2D eigenvalue weighted by molar-refractivity contribution is 0.0472. The zero-order valence-electron chi connectivity index (χ0n) is 8.69. The predicted octanol–water partition coefficient (Wildman–Crippen LogP) is 1.03. The van der Waals surface area contributed by atoms with Crippen molar-refractivity contribution in [3.63, 3.8) is 0 Å². The number of amides is 1. The molecule has 15 heavy (non-hydrogen) atoms. The van der Waals surface area contributed by atoms with E-state index in [9.17, 15) is 4.79 Å². The molecule has 1 amide bonds. The third kappa shape index (κ3) is 2.64. The molecule has 1 N–H and O–H groups in total. The van der Waals surface area contributed by atoms with Crippen LogP contribution in [0.25, 0.3) is 0 Å². The van der Waals surface area contributed by atoms with Crippen LogP contribution in [0.1, 0.15) is 23.6 Å². The molecule has 0 aliphatic heterocycles. The van der Waals surface area contributed by atoms with Gasteiger partial charge in [-0.3, -0.25) is 4.79 Å². The summed E-state index contributed by atoms with van der Waals surface area (Å²) in [6.07, 6.45) is 0. The highest BCUT2D eigenvalue weighted by atomic mass is 35.5. The molecule has 0 unspecified atom stereocenters. The number of carbonyl (C=O) groups is 1. The van der Waals surface area contributed by atoms with Crippen molar-refractivity contribution in [3.8, 4) is 0 Å². The smallest absolute Gasteiger partial charge is 0.285 e. The van der Waals surface area contributed by atoms with Gasteiger partial charge in [0.1, 0.15) is 0 Å². The molecule has 1 heterocycles. The van der Waals surface area contributed by atoms with Crippen molar-refractivity contribution in [2.24, 2.45) is 0 Å². The number of carbonyl (C=O) groups excluding carboxylic acids is 1. The van der Waals surface area contributed by atoms with Gasteiger partial charge >= 0.3 is 0 Å². The minimum atomic E-state index is -0.630. The molecule has 1 aromatic heterocycles. The van der Waals surface area contributed by atoms with Gasteiger partial charge in [0, 0.05) is 7.05 Å². The van der Waals surface area contributed by atoms with Crippen LogP contribution in [0.4, 0.5) is 0 Å². The Balaban J connectivity index is 2.86. The number of hydrogen-bond donors (Lipinski definition) is 1. The zero-order valence-corrected chi connectivity index (χ0v) is 10.3. The van der Waals surface area contributed by atoms with Gasteiger partial charge < -0.3 is 10.0 Å². The fourth-order valence-corrected chi connectivity index (χ4v) is 1.62. The van der Waals surface area contributed by atoms with Crippen molar-refractivity contribution < 1.29 is 9.90 Å². The summed E-state index contributed by atoms with van der Waals surface area (Å²) >= 11 is 6.60. The Morgan fingerprint density at radius 3 is 2.60 bits per heavy atom. The highest BCUT2D eigenvalue weighted by Gasteiger charge is 2.29. The first kappa shape index (κ1) is 12.4. The topological polar surface area (TPSA) is 66.3 Å². The van der Waals surface area contributed by atoms with Gasteiger partial charge in [-0.25, -0.2) is 0 Å². The van der Waals surface area contributed by atoms with Crippen LogP contribution in [0, 0.1) is 0 Å². The second-order valence-electron chi connectivity index (χ2n) is 3.69. The van der Waals surface area contributed by atoms with Crippen LogP contribution in [0.3, 0.4) is 0 Å². The van der Waals surface area contributed by atoms with E-state index in [1.807, 2.05) is 0 Å². The fraction of sp³-hybridized carbons (Fsp3) is 0.625. The summed E-state index contributed by atoms with van der Waals surface area (Å²) < 4.78 is 0.230. The lowest BCUT2D eigenvalue weighted by Gasteiger charge is -2.33. The minimum absolute atomic E-state index is 0.123. The molecular weight excluding hydrogens is 238 g/mol. The standard InChI is InChI=1S/C8H12ClN3O2S/c1-8(2,4-13)12(3)6(14)5-10-11-7(9)15-5/h13H,4H2,1-3H3. The van der Waals surface area contributed by atoms with E-state index in [0.29, 0.717) is 0 Å². The van der Waals surface area contributed by atoms with Crippen LogP contribution in [0.15, 0.2) is 0 Å². The molecule has 0 aromatic carbocycles. The second-order valence-corrected chi connectivity index (χ2v) is 5.25. The third-order valence-corrected chi connectivity index (χ3v) is 3.19. The van der Waals surface area contributed by atoms with E-state index in [2.05, 4.69) is 10.2 Å². The van der Waals surface area contributed by atoms with Crippen LogP contribution in [-0.4, -0.2) is 45.3 Å². The Morgan fingerprint density at radius 1 is 1.60 bits per heavy atom. The van der Waals surface area contributed by atoms with E-state index < -0.39 is 5.54 Å². The first-order valence-electron chi connectivity index (χ1n) is 4.26. The summed E-state index contributed by atoms with van der Waals surface area (Å²) in [6, 6.07) is 0. The van der Waals surface area contributed by atoms with Gasteiger partial charge in [-0.1, -0.05) is 11.3 Å². The summed E-state index contributed by atoms with van der Waals surface area (Å²) in [4.78, 5) is 13.2. The number of aliphatic hydroxyl groups excluding tert-OH is 1. The van der Waals surface area contributed by atoms with Crippen molar-refractivity contribution >= 4 is 28.8 Å². The average molecular weight is 250 g/mol. The van der Waals surface area contributed by atoms with Gasteiger partial charge in [0.2, 0.25) is 9.47 Å². The molecule has 0 radical (unpaired) electrons. The molecule has 0 saturated carbocycles. The maximum Gasteiger partial charge on any atom is 0.285 e. The van der Waals surface area contributed by atoms with Gasteiger partial charge in [-0.05, 0) is 25.4 Å². The van der Waals surface area contributed by atoms with Gasteiger partial charge in [-0.2, -0.15) is 0 Å². The summed E-state index contributed by atoms with van der Waals surface area (Å²) in [5, 5.41) is 16.5. The second kappa shape index (κ2) is 4.42. The van der Waals surface area contributed by atoms with E-state index >= 15 is 0 Å². The van der Waals surface area contributed by atoms with E-state index in [-0.39, 0.29) is 22.0 Å². The summed E-state index contributed by atoms with van der Waals surface area (Å²) in [5.74, 6) is -0.293. The zero-order chi connectivity index (χ0) is 11.6. The monoisotopic (exact) mass is 249 g/mol. The van der Waals surface area contributed by atoms with Crippen LogP contribution in [-0.2, 0) is 0 Å². The molecule has 1 aromatic rings. The van der Waals surface area contributed by atoms with Crippen LogP contribution >= 0.6 is 22.9 Å². The van der Waals surface area contributed by atoms with Crippen molar-refractivity contribution in [3.05, 3.63) is 9.47 Å². The normalized spacial score (nSPS) is 11.5. The molecular formula is C8H12ClN3O2S. The first-order chi connectivity index (χ1) is 6.88. The van der Waals surface area contributed by atoms with E-state index in [4.69, 9.17) is 16.7 Å². The van der Waals surface area contributed by atoms with Crippen molar-refractivity contribution in [1.82, 2.24) is 15.1 Å². The van der Waals surface area contributed by atoms with E-state index in [0.717, 1.165) is 11.3 Å². The number of nitrogens with zero attached hydrogens (tertiary/aromatic N) is 3. The lowest BCUT2D eigenvalue weighted by Crippen LogP contribution is -2.47. The van der Waals surface area contributed by atoms with Gasteiger partial charge in [-0.15, -0.1) is 10.2 Å². The van der Waals surface area contributed by atoms with Crippen LogP contribution in [0.2, 0.25) is 4.47 Å². The minimum Gasteiger partial charge on any atom is -0.394 e. The van der Waals surface area contributed by atoms with Crippen molar-refractivity contribution in [2.75, 3.05) is 13.7 Å². The lowest BCUT2D eigenvalue weighted by atomic mass is 10.1. The molecule has 0 fully saturated rings. The number of hydrogen-bond acceptors (Lipinski definition) is 5. The molecule has 0 bridgehead atoms. The molecule has 0 aliphatic rings. The molecule has 0 spiro atoms. The van der Waals surface area contributed by atoms with Crippen LogP contribution in [0.5, 0.6) is 0 Å². The van der Waals surface area contributed by atoms with Gasteiger partial charge in [0.05, 0.1) is 12.1 Å². The Labute approximate surface area is 96.7 Å². The Bertz CT molecular complexity index is 367. The molecule has 7 heteroatoms. The van der Waals surface area contributed by atoms with Crippen molar-refractivity contribution in [2.45, 2.75) is 19.4 Å². The largest absolute Gasteiger partial charge is 0.394 e. The predicted molar refractivity (Wildman–Crippen MR) is 58.2 cm³/mol. The van der Waals surface area contributed by atoms with Crippen molar-refractivity contribution in [1.29, 1.82) is 0 Å². The summed E-state index contributed by atoms with van der Waals surface area (Å²) in [6.45, 7) is 3.39. The number of rotatable bonds is 3. The summed E-state index contributed by atoms with van der Waals surface area (Å²) in [5.41, 5.74) is -0.630. The SMILES string of the molecule is CN(C(=O)c1nnc(Cl)s1)C(C)(C)CO. The maximum absolute atomic E-state index is 11.8. The first-order valence-corrected chi connectivity index (χ1v) is 5.46.